The third-order valence-corrected chi connectivity index (χ3v) is 5.01. The summed E-state index contributed by atoms with van der Waals surface area (Å²) in [5.74, 6) is 0.621. The van der Waals surface area contributed by atoms with Gasteiger partial charge in [0.05, 0.1) is 4.88 Å². The molecule has 1 amide bonds. The topological polar surface area (TPSA) is 45.7 Å². The summed E-state index contributed by atoms with van der Waals surface area (Å²) >= 11 is 1.74. The number of rotatable bonds is 7. The first-order valence-corrected chi connectivity index (χ1v) is 9.16. The molecule has 0 saturated carbocycles. The molecule has 1 heterocycles. The number of benzene rings is 1. The third-order valence-electron chi connectivity index (χ3n) is 4.06. The zero-order chi connectivity index (χ0) is 16.8. The molecule has 0 saturated heterocycles. The Morgan fingerprint density at radius 2 is 1.78 bits per heavy atom. The fourth-order valence-corrected chi connectivity index (χ4v) is 3.47. The zero-order valence-electron chi connectivity index (χ0n) is 14.4. The first kappa shape index (κ1) is 17.7. The number of hydrogen-bond acceptors (Lipinski definition) is 2. The highest BCUT2D eigenvalue weighted by atomic mass is 32.1. The van der Waals surface area contributed by atoms with Gasteiger partial charge in [-0.05, 0) is 36.8 Å². The highest BCUT2D eigenvalue weighted by Gasteiger charge is 2.25. The summed E-state index contributed by atoms with van der Waals surface area (Å²) in [6.07, 6.45) is 0. The largest absolute Gasteiger partial charge is 0.351 e. The molecule has 2 atom stereocenters. The van der Waals surface area contributed by atoms with Gasteiger partial charge in [-0.25, -0.2) is 0 Å². The Morgan fingerprint density at radius 3 is 2.30 bits per heavy atom. The van der Waals surface area contributed by atoms with Gasteiger partial charge >= 0.3 is 0 Å². The molecule has 0 bridgehead atoms. The Hall–Kier alpha value is -1.65. The molecule has 2 aromatic rings. The summed E-state index contributed by atoms with van der Waals surface area (Å²) < 4.78 is 0. The number of carbonyl (C=O) groups is 1. The minimum atomic E-state index is -0.119. The first-order valence-electron chi connectivity index (χ1n) is 8.28. The van der Waals surface area contributed by atoms with Crippen LogP contribution in [0.15, 0.2) is 41.8 Å². The Balaban J connectivity index is 2.23. The van der Waals surface area contributed by atoms with Gasteiger partial charge in [0, 0.05) is 12.1 Å². The lowest BCUT2D eigenvalue weighted by molar-refractivity contribution is -0.704. The second-order valence-corrected chi connectivity index (χ2v) is 7.17. The SMILES string of the molecule is CCNC(=O)[C@H](C)[NH2+][C@H](c1ccc(C(C)C)cc1)c1cccs1. The molecule has 4 heteroatoms. The molecular weight excluding hydrogens is 304 g/mol. The van der Waals surface area contributed by atoms with Gasteiger partial charge in [0.15, 0.2) is 6.04 Å². The van der Waals surface area contributed by atoms with Gasteiger partial charge in [-0.1, -0.05) is 44.2 Å². The Morgan fingerprint density at radius 1 is 1.13 bits per heavy atom. The van der Waals surface area contributed by atoms with Crippen LogP contribution in [0.5, 0.6) is 0 Å². The van der Waals surface area contributed by atoms with Gasteiger partial charge in [0.1, 0.15) is 6.04 Å². The molecule has 3 N–H and O–H groups in total. The molecule has 1 aromatic carbocycles. The van der Waals surface area contributed by atoms with E-state index in [0.717, 1.165) is 0 Å². The van der Waals surface area contributed by atoms with Crippen molar-refractivity contribution in [2.45, 2.75) is 45.7 Å². The van der Waals surface area contributed by atoms with E-state index in [-0.39, 0.29) is 18.0 Å². The molecule has 23 heavy (non-hydrogen) atoms. The second-order valence-electron chi connectivity index (χ2n) is 6.19. The number of amides is 1. The van der Waals surface area contributed by atoms with Crippen LogP contribution in [-0.4, -0.2) is 18.5 Å². The van der Waals surface area contributed by atoms with Crippen molar-refractivity contribution >= 4 is 17.2 Å². The molecule has 1 aromatic heterocycles. The van der Waals surface area contributed by atoms with Crippen molar-refractivity contribution in [2.75, 3.05) is 6.54 Å². The Kier molecular flexibility index (Phi) is 6.37. The highest BCUT2D eigenvalue weighted by molar-refractivity contribution is 7.10. The van der Waals surface area contributed by atoms with Crippen molar-refractivity contribution in [3.05, 3.63) is 57.8 Å². The number of thiophene rings is 1. The van der Waals surface area contributed by atoms with Crippen molar-refractivity contribution in [3.8, 4) is 0 Å². The van der Waals surface area contributed by atoms with Crippen molar-refractivity contribution in [3.63, 3.8) is 0 Å². The minimum absolute atomic E-state index is 0.0906. The van der Waals surface area contributed by atoms with E-state index in [4.69, 9.17) is 0 Å². The van der Waals surface area contributed by atoms with E-state index in [2.05, 4.69) is 66.3 Å². The normalized spacial score (nSPS) is 13.8. The number of nitrogens with one attached hydrogen (secondary N) is 1. The van der Waals surface area contributed by atoms with Crippen LogP contribution in [-0.2, 0) is 4.79 Å². The minimum Gasteiger partial charge on any atom is -0.351 e. The summed E-state index contributed by atoms with van der Waals surface area (Å²) in [7, 11) is 0. The van der Waals surface area contributed by atoms with Crippen LogP contribution in [0.1, 0.15) is 55.7 Å². The molecule has 3 nitrogen and oxygen atoms in total. The molecular formula is C19H27N2OS+. The number of nitrogens with two attached hydrogens (primary N) is 1. The van der Waals surface area contributed by atoms with E-state index in [1.54, 1.807) is 11.3 Å². The predicted octanol–water partition coefficient (Wildman–Crippen LogP) is 3.05. The summed E-state index contributed by atoms with van der Waals surface area (Å²) in [5.41, 5.74) is 2.59. The van der Waals surface area contributed by atoms with Crippen molar-refractivity contribution in [1.29, 1.82) is 0 Å². The monoisotopic (exact) mass is 331 g/mol. The van der Waals surface area contributed by atoms with E-state index in [1.165, 1.54) is 16.0 Å². The van der Waals surface area contributed by atoms with Gasteiger partial charge in [0.2, 0.25) is 0 Å². The lowest BCUT2D eigenvalue weighted by atomic mass is 9.98. The Labute approximate surface area is 143 Å². The summed E-state index contributed by atoms with van der Waals surface area (Å²) in [5, 5.41) is 7.15. The second kappa shape index (κ2) is 8.27. The van der Waals surface area contributed by atoms with Crippen LogP contribution in [0.25, 0.3) is 0 Å². The van der Waals surface area contributed by atoms with Gasteiger partial charge in [-0.15, -0.1) is 11.3 Å². The molecule has 0 radical (unpaired) electrons. The van der Waals surface area contributed by atoms with Gasteiger partial charge in [-0.2, -0.15) is 0 Å². The summed E-state index contributed by atoms with van der Waals surface area (Å²) in [4.78, 5) is 13.4. The van der Waals surface area contributed by atoms with Crippen molar-refractivity contribution in [1.82, 2.24) is 5.32 Å². The predicted molar refractivity (Wildman–Crippen MR) is 96.8 cm³/mol. The van der Waals surface area contributed by atoms with Gasteiger partial charge < -0.3 is 10.6 Å². The van der Waals surface area contributed by atoms with Crippen LogP contribution in [0.4, 0.5) is 0 Å². The van der Waals surface area contributed by atoms with Crippen molar-refractivity contribution in [2.24, 2.45) is 0 Å². The quantitative estimate of drug-likeness (QED) is 0.805. The molecule has 0 aliphatic rings. The summed E-state index contributed by atoms with van der Waals surface area (Å²) in [6.45, 7) is 8.99. The third kappa shape index (κ3) is 4.66. The van der Waals surface area contributed by atoms with Gasteiger partial charge in [-0.3, -0.25) is 4.79 Å². The lowest BCUT2D eigenvalue weighted by Gasteiger charge is -2.19. The number of hydrogen-bond donors (Lipinski definition) is 2. The molecule has 0 unspecified atom stereocenters. The number of carbonyl (C=O) groups excluding carboxylic acids is 1. The zero-order valence-corrected chi connectivity index (χ0v) is 15.2. The molecule has 0 fully saturated rings. The van der Waals surface area contributed by atoms with Crippen LogP contribution < -0.4 is 10.6 Å². The van der Waals surface area contributed by atoms with Crippen molar-refractivity contribution < 1.29 is 10.1 Å². The van der Waals surface area contributed by atoms with Crippen LogP contribution >= 0.6 is 11.3 Å². The molecule has 0 spiro atoms. The molecule has 2 rings (SSSR count). The van der Waals surface area contributed by atoms with E-state index in [9.17, 15) is 4.79 Å². The van der Waals surface area contributed by atoms with Crippen LogP contribution in [0, 0.1) is 0 Å². The molecule has 0 aliphatic carbocycles. The van der Waals surface area contributed by atoms with Crippen LogP contribution in [0.2, 0.25) is 0 Å². The highest BCUT2D eigenvalue weighted by Crippen LogP contribution is 2.24. The smallest absolute Gasteiger partial charge is 0.277 e. The fourth-order valence-electron chi connectivity index (χ4n) is 2.64. The maximum Gasteiger partial charge on any atom is 0.277 e. The maximum atomic E-state index is 12.1. The Bertz CT molecular complexity index is 605. The standard InChI is InChI=1S/C19H26N2OS/c1-5-20-19(22)14(4)21-18(17-7-6-12-23-17)16-10-8-15(9-11-16)13(2)3/h6-14,18,21H,5H2,1-4H3,(H,20,22)/p+1/t14-,18+/m0/s1. The molecule has 124 valence electrons. The number of quaternary nitrogens is 1. The number of likely N-dealkylation sites (N-methyl/N-ethyl adjacent to an activating group) is 1. The van der Waals surface area contributed by atoms with E-state index in [0.29, 0.717) is 12.5 Å². The van der Waals surface area contributed by atoms with E-state index >= 15 is 0 Å². The van der Waals surface area contributed by atoms with Crippen LogP contribution in [0.3, 0.4) is 0 Å². The van der Waals surface area contributed by atoms with Gasteiger partial charge in [0.25, 0.3) is 5.91 Å². The lowest BCUT2D eigenvalue weighted by Crippen LogP contribution is -2.92. The first-order chi connectivity index (χ1) is 11.0. The maximum absolute atomic E-state index is 12.1. The molecule has 0 aliphatic heterocycles. The average Bonchev–Trinajstić information content (AvgIpc) is 3.06. The fraction of sp³-hybridized carbons (Fsp3) is 0.421. The average molecular weight is 332 g/mol. The van der Waals surface area contributed by atoms with E-state index in [1.807, 2.05) is 13.8 Å². The summed E-state index contributed by atoms with van der Waals surface area (Å²) in [6, 6.07) is 13.0. The van der Waals surface area contributed by atoms with E-state index < -0.39 is 0 Å².